The molecule has 0 spiro atoms. The van der Waals surface area contributed by atoms with E-state index in [-0.39, 0.29) is 6.09 Å². The number of hydrogen-bond donors (Lipinski definition) is 0. The third-order valence-corrected chi connectivity index (χ3v) is 3.73. The van der Waals surface area contributed by atoms with Gasteiger partial charge in [0.2, 0.25) is 0 Å². The van der Waals surface area contributed by atoms with Gasteiger partial charge in [-0.2, -0.15) is 0 Å². The second kappa shape index (κ2) is 8.68. The van der Waals surface area contributed by atoms with Gasteiger partial charge >= 0.3 is 12.1 Å². The van der Waals surface area contributed by atoms with E-state index in [1.165, 1.54) is 13.3 Å². The molecule has 1 saturated heterocycles. The predicted octanol–water partition coefficient (Wildman–Crippen LogP) is 1.77. The number of nitrogens with zero attached hydrogens (tertiary/aromatic N) is 3. The zero-order chi connectivity index (χ0) is 19.2. The summed E-state index contributed by atoms with van der Waals surface area (Å²) in [4.78, 5) is 31.4. The van der Waals surface area contributed by atoms with Crippen LogP contribution in [0.2, 0.25) is 0 Å². The summed E-state index contributed by atoms with van der Waals surface area (Å²) in [5.74, 6) is 5.64. The third-order valence-electron chi connectivity index (χ3n) is 3.73. The van der Waals surface area contributed by atoms with E-state index >= 15 is 0 Å². The maximum Gasteiger partial charge on any atom is 0.410 e. The lowest BCUT2D eigenvalue weighted by Gasteiger charge is -2.34. The van der Waals surface area contributed by atoms with Gasteiger partial charge in [0.25, 0.3) is 0 Å². The Morgan fingerprint density at radius 2 is 1.88 bits per heavy atom. The van der Waals surface area contributed by atoms with Crippen molar-refractivity contribution in [3.63, 3.8) is 0 Å². The standard InChI is InChI=1S/C19H25N3O4/c1-19(2,3)26-18(24)22-12-10-21(11-13-22)9-5-6-16-8-7-15(14-20-16)17(23)25-4/h7-8,14H,9-13H2,1-4H3. The van der Waals surface area contributed by atoms with Crippen molar-refractivity contribution in [2.24, 2.45) is 0 Å². The van der Waals surface area contributed by atoms with Gasteiger partial charge in [-0.15, -0.1) is 0 Å². The van der Waals surface area contributed by atoms with Crippen LogP contribution in [0.15, 0.2) is 18.3 Å². The number of ether oxygens (including phenoxy) is 2. The Morgan fingerprint density at radius 3 is 2.42 bits per heavy atom. The Morgan fingerprint density at radius 1 is 1.19 bits per heavy atom. The minimum atomic E-state index is -0.476. The van der Waals surface area contributed by atoms with Gasteiger partial charge in [-0.3, -0.25) is 4.90 Å². The van der Waals surface area contributed by atoms with E-state index in [1.807, 2.05) is 20.8 Å². The van der Waals surface area contributed by atoms with Crippen LogP contribution in [0.4, 0.5) is 4.79 Å². The highest BCUT2D eigenvalue weighted by Gasteiger charge is 2.25. The van der Waals surface area contributed by atoms with Gasteiger partial charge in [0, 0.05) is 32.4 Å². The predicted molar refractivity (Wildman–Crippen MR) is 96.7 cm³/mol. The monoisotopic (exact) mass is 359 g/mol. The number of carbonyl (C=O) groups is 2. The number of hydrogen-bond acceptors (Lipinski definition) is 6. The summed E-state index contributed by atoms with van der Waals surface area (Å²) in [5, 5.41) is 0. The van der Waals surface area contributed by atoms with Gasteiger partial charge in [-0.1, -0.05) is 5.92 Å². The SMILES string of the molecule is COC(=O)c1ccc(C#CCN2CCN(C(=O)OC(C)(C)C)CC2)nc1. The van der Waals surface area contributed by atoms with Crippen LogP contribution in [0, 0.1) is 11.8 Å². The third kappa shape index (κ3) is 6.05. The van der Waals surface area contributed by atoms with Crippen LogP contribution in [0.25, 0.3) is 0 Å². The van der Waals surface area contributed by atoms with Crippen LogP contribution < -0.4 is 0 Å². The number of methoxy groups -OCH3 is 1. The quantitative estimate of drug-likeness (QED) is 0.592. The lowest BCUT2D eigenvalue weighted by Crippen LogP contribution is -2.50. The van der Waals surface area contributed by atoms with E-state index in [4.69, 9.17) is 4.74 Å². The molecule has 1 fully saturated rings. The zero-order valence-corrected chi connectivity index (χ0v) is 15.7. The average molecular weight is 359 g/mol. The van der Waals surface area contributed by atoms with Gasteiger partial charge in [0.15, 0.2) is 0 Å². The summed E-state index contributed by atoms with van der Waals surface area (Å²) in [6.45, 7) is 8.95. The molecule has 140 valence electrons. The molecule has 1 aliphatic rings. The largest absolute Gasteiger partial charge is 0.465 e. The van der Waals surface area contributed by atoms with Gasteiger partial charge in [-0.25, -0.2) is 14.6 Å². The maximum absolute atomic E-state index is 12.0. The molecule has 0 unspecified atom stereocenters. The van der Waals surface area contributed by atoms with Crippen molar-refractivity contribution in [1.29, 1.82) is 0 Å². The van der Waals surface area contributed by atoms with Crippen molar-refractivity contribution in [2.45, 2.75) is 26.4 Å². The van der Waals surface area contributed by atoms with Crippen molar-refractivity contribution in [1.82, 2.24) is 14.8 Å². The minimum Gasteiger partial charge on any atom is -0.465 e. The Labute approximate surface area is 154 Å². The number of pyridine rings is 1. The molecule has 26 heavy (non-hydrogen) atoms. The van der Waals surface area contributed by atoms with Gasteiger partial charge in [0.1, 0.15) is 11.3 Å². The topological polar surface area (TPSA) is 72.0 Å². The first-order chi connectivity index (χ1) is 12.3. The highest BCUT2D eigenvalue weighted by molar-refractivity contribution is 5.88. The van der Waals surface area contributed by atoms with E-state index in [0.29, 0.717) is 30.9 Å². The molecule has 0 atom stereocenters. The van der Waals surface area contributed by atoms with Crippen LogP contribution in [0.5, 0.6) is 0 Å². The summed E-state index contributed by atoms with van der Waals surface area (Å²) < 4.78 is 10.0. The van der Waals surface area contributed by atoms with E-state index in [0.717, 1.165) is 13.1 Å². The second-order valence-corrected chi connectivity index (χ2v) is 6.97. The number of amides is 1. The van der Waals surface area contributed by atoms with E-state index in [1.54, 1.807) is 17.0 Å². The van der Waals surface area contributed by atoms with Crippen molar-refractivity contribution in [3.05, 3.63) is 29.6 Å². The number of piperazine rings is 1. The second-order valence-electron chi connectivity index (χ2n) is 6.97. The fraction of sp³-hybridized carbons (Fsp3) is 0.526. The van der Waals surface area contributed by atoms with Crippen molar-refractivity contribution < 1.29 is 19.1 Å². The summed E-state index contributed by atoms with van der Waals surface area (Å²) in [5.41, 5.74) is 0.525. The van der Waals surface area contributed by atoms with Gasteiger partial charge < -0.3 is 14.4 Å². The highest BCUT2D eigenvalue weighted by Crippen LogP contribution is 2.11. The first-order valence-electron chi connectivity index (χ1n) is 8.52. The molecule has 1 aromatic rings. The molecule has 0 aromatic carbocycles. The summed E-state index contributed by atoms with van der Waals surface area (Å²) >= 11 is 0. The lowest BCUT2D eigenvalue weighted by molar-refractivity contribution is 0.0155. The molecule has 0 radical (unpaired) electrons. The van der Waals surface area contributed by atoms with Crippen LogP contribution in [0.1, 0.15) is 36.8 Å². The van der Waals surface area contributed by atoms with E-state index in [2.05, 4.69) is 26.5 Å². The van der Waals surface area contributed by atoms with Crippen molar-refractivity contribution in [3.8, 4) is 11.8 Å². The first-order valence-corrected chi connectivity index (χ1v) is 8.52. The Bertz CT molecular complexity index is 690. The molecule has 7 heteroatoms. The summed E-state index contributed by atoms with van der Waals surface area (Å²) in [6.07, 6.45) is 1.19. The van der Waals surface area contributed by atoms with Crippen LogP contribution in [-0.2, 0) is 9.47 Å². The van der Waals surface area contributed by atoms with Crippen molar-refractivity contribution in [2.75, 3.05) is 39.8 Å². The molecule has 1 amide bonds. The minimum absolute atomic E-state index is 0.266. The average Bonchev–Trinajstić information content (AvgIpc) is 2.61. The summed E-state index contributed by atoms with van der Waals surface area (Å²) in [6, 6.07) is 3.34. The molecule has 2 rings (SSSR count). The smallest absolute Gasteiger partial charge is 0.410 e. The molecular weight excluding hydrogens is 334 g/mol. The normalized spacial score (nSPS) is 15.0. The number of rotatable bonds is 2. The highest BCUT2D eigenvalue weighted by atomic mass is 16.6. The van der Waals surface area contributed by atoms with E-state index < -0.39 is 11.6 Å². The Balaban J connectivity index is 1.79. The molecule has 0 aliphatic carbocycles. The fourth-order valence-corrected chi connectivity index (χ4v) is 2.36. The first kappa shape index (κ1) is 19.7. The number of esters is 1. The van der Waals surface area contributed by atoms with Crippen LogP contribution >= 0.6 is 0 Å². The molecule has 7 nitrogen and oxygen atoms in total. The maximum atomic E-state index is 12.0. The van der Waals surface area contributed by atoms with Crippen molar-refractivity contribution >= 4 is 12.1 Å². The van der Waals surface area contributed by atoms with E-state index in [9.17, 15) is 9.59 Å². The van der Waals surface area contributed by atoms with Gasteiger partial charge in [-0.05, 0) is 38.8 Å². The molecule has 0 saturated carbocycles. The number of aromatic nitrogens is 1. The Kier molecular flexibility index (Phi) is 6.58. The molecular formula is C19H25N3O4. The number of carbonyl (C=O) groups excluding carboxylic acids is 2. The molecule has 0 bridgehead atoms. The Hall–Kier alpha value is -2.59. The molecule has 1 aliphatic heterocycles. The van der Waals surface area contributed by atoms with Gasteiger partial charge in [0.05, 0.1) is 19.2 Å². The fourth-order valence-electron chi connectivity index (χ4n) is 2.36. The molecule has 2 heterocycles. The van der Waals surface area contributed by atoms with Crippen LogP contribution in [0.3, 0.4) is 0 Å². The molecule has 0 N–H and O–H groups in total. The van der Waals surface area contributed by atoms with Crippen LogP contribution in [-0.4, -0.2) is 72.3 Å². The summed E-state index contributed by atoms with van der Waals surface area (Å²) in [7, 11) is 1.33. The zero-order valence-electron chi connectivity index (χ0n) is 15.7. The lowest BCUT2D eigenvalue weighted by atomic mass is 10.2. The molecule has 1 aromatic heterocycles.